The van der Waals surface area contributed by atoms with Gasteiger partial charge in [-0.1, -0.05) is 30.3 Å². The van der Waals surface area contributed by atoms with Gasteiger partial charge in [-0.2, -0.15) is 0 Å². The zero-order valence-electron chi connectivity index (χ0n) is 12.1. The van der Waals surface area contributed by atoms with Crippen LogP contribution in [0.1, 0.15) is 38.2 Å². The summed E-state index contributed by atoms with van der Waals surface area (Å²) in [5, 5.41) is 0. The third-order valence-electron chi connectivity index (χ3n) is 3.77. The molecule has 0 aliphatic heterocycles. The number of rotatable bonds is 5. The van der Waals surface area contributed by atoms with Crippen LogP contribution in [0.4, 0.5) is 4.39 Å². The summed E-state index contributed by atoms with van der Waals surface area (Å²) in [5.41, 5.74) is -1.11. The molecular weight excluding hydrogens is 386 g/mol. The molecule has 5 heteroatoms. The lowest BCUT2D eigenvalue weighted by atomic mass is 9.83. The number of esters is 1. The Bertz CT molecular complexity index is 482. The van der Waals surface area contributed by atoms with Gasteiger partial charge in [0.25, 0.3) is 0 Å². The van der Waals surface area contributed by atoms with Crippen LogP contribution in [0.2, 0.25) is 0 Å². The highest BCUT2D eigenvalue weighted by Crippen LogP contribution is 2.48. The zero-order chi connectivity index (χ0) is 15.3. The maximum absolute atomic E-state index is 15.3. The van der Waals surface area contributed by atoms with Crippen molar-refractivity contribution in [1.82, 2.24) is 0 Å². The quantitative estimate of drug-likeness (QED) is 0.418. The topological polar surface area (TPSA) is 35.5 Å². The Balaban J connectivity index is 2.13. The molecule has 1 aromatic carbocycles. The van der Waals surface area contributed by atoms with Crippen LogP contribution in [0.3, 0.4) is 0 Å². The van der Waals surface area contributed by atoms with Crippen molar-refractivity contribution in [2.45, 2.75) is 48.5 Å². The van der Waals surface area contributed by atoms with E-state index in [1.165, 1.54) is 0 Å². The molecule has 1 saturated carbocycles. The first kappa shape index (κ1) is 16.7. The summed E-state index contributed by atoms with van der Waals surface area (Å²) in [6.45, 7) is 2.15. The van der Waals surface area contributed by atoms with Crippen LogP contribution in [0.25, 0.3) is 0 Å². The number of ether oxygens (including phenoxy) is 2. The van der Waals surface area contributed by atoms with Crippen molar-refractivity contribution in [2.75, 3.05) is 6.61 Å². The minimum atomic E-state index is -2.07. The molecule has 0 heterocycles. The Morgan fingerprint density at radius 2 is 1.95 bits per heavy atom. The third kappa shape index (κ3) is 3.56. The smallest absolute Gasteiger partial charge is 0.347 e. The number of carbonyl (C=O) groups excluding carboxylic acids is 1. The van der Waals surface area contributed by atoms with Crippen LogP contribution >= 0.6 is 22.6 Å². The second-order valence-corrected chi connectivity index (χ2v) is 6.97. The maximum Gasteiger partial charge on any atom is 0.347 e. The molecule has 0 amide bonds. The maximum atomic E-state index is 15.3. The standard InChI is InChI=1S/C16H20FIO3/c1-2-20-14(19)15(17)10-6-7-11-16(15,18)21-12-13-8-4-3-5-9-13/h3-5,8-9H,2,6-7,10-12H2,1H3. The van der Waals surface area contributed by atoms with E-state index in [1.54, 1.807) is 6.92 Å². The molecular formula is C16H20FIO3. The highest BCUT2D eigenvalue weighted by atomic mass is 127. The summed E-state index contributed by atoms with van der Waals surface area (Å²) in [4.78, 5) is 12.1. The Labute approximate surface area is 138 Å². The van der Waals surface area contributed by atoms with Crippen molar-refractivity contribution in [1.29, 1.82) is 0 Å². The predicted molar refractivity (Wildman–Crippen MR) is 86.9 cm³/mol. The summed E-state index contributed by atoms with van der Waals surface area (Å²) in [6.07, 6.45) is 2.19. The van der Waals surface area contributed by atoms with Crippen LogP contribution in [0.15, 0.2) is 30.3 Å². The molecule has 3 nitrogen and oxygen atoms in total. The first-order valence-electron chi connectivity index (χ1n) is 7.25. The Morgan fingerprint density at radius 1 is 1.29 bits per heavy atom. The van der Waals surface area contributed by atoms with Gasteiger partial charge in [-0.05, 0) is 60.8 Å². The van der Waals surface area contributed by atoms with Crippen molar-refractivity contribution in [3.63, 3.8) is 0 Å². The molecule has 1 fully saturated rings. The van der Waals surface area contributed by atoms with E-state index >= 15 is 4.39 Å². The molecule has 1 aromatic rings. The number of halogens is 2. The van der Waals surface area contributed by atoms with Gasteiger partial charge in [-0.25, -0.2) is 9.18 Å². The lowest BCUT2D eigenvalue weighted by molar-refractivity contribution is -0.178. The van der Waals surface area contributed by atoms with Crippen LogP contribution in [-0.2, 0) is 20.9 Å². The van der Waals surface area contributed by atoms with E-state index in [2.05, 4.69) is 0 Å². The molecule has 0 radical (unpaired) electrons. The van der Waals surface area contributed by atoms with Crippen LogP contribution in [-0.4, -0.2) is 21.9 Å². The molecule has 0 aromatic heterocycles. The Kier molecular flexibility index (Phi) is 5.60. The highest BCUT2D eigenvalue weighted by molar-refractivity contribution is 14.1. The molecule has 21 heavy (non-hydrogen) atoms. The molecule has 1 aliphatic carbocycles. The Morgan fingerprint density at radius 3 is 2.62 bits per heavy atom. The average Bonchev–Trinajstić information content (AvgIpc) is 2.50. The second kappa shape index (κ2) is 7.05. The third-order valence-corrected chi connectivity index (χ3v) is 5.48. The number of alkyl halides is 2. The van der Waals surface area contributed by atoms with Gasteiger partial charge in [0.2, 0.25) is 5.67 Å². The van der Waals surface area contributed by atoms with Gasteiger partial charge in [-0.15, -0.1) is 0 Å². The molecule has 0 bridgehead atoms. The first-order chi connectivity index (χ1) is 10.0. The van der Waals surface area contributed by atoms with Gasteiger partial charge in [0.15, 0.2) is 3.61 Å². The lowest BCUT2D eigenvalue weighted by Crippen LogP contribution is -2.56. The summed E-state index contributed by atoms with van der Waals surface area (Å²) >= 11 is 1.95. The summed E-state index contributed by atoms with van der Waals surface area (Å²) in [5.74, 6) is -0.799. The fourth-order valence-electron chi connectivity index (χ4n) is 2.56. The molecule has 2 unspecified atom stereocenters. The van der Waals surface area contributed by atoms with E-state index in [9.17, 15) is 4.79 Å². The minimum Gasteiger partial charge on any atom is -0.464 e. The molecule has 0 spiro atoms. The normalized spacial score (nSPS) is 29.1. The molecule has 2 atom stereocenters. The Hall–Kier alpha value is -0.690. The van der Waals surface area contributed by atoms with Gasteiger partial charge in [0.1, 0.15) is 0 Å². The number of benzene rings is 1. The van der Waals surface area contributed by atoms with Crippen LogP contribution in [0, 0.1) is 0 Å². The van der Waals surface area contributed by atoms with Gasteiger partial charge in [0.05, 0.1) is 13.2 Å². The number of hydrogen-bond donors (Lipinski definition) is 0. The molecule has 2 rings (SSSR count). The van der Waals surface area contributed by atoms with Crippen molar-refractivity contribution < 1.29 is 18.7 Å². The van der Waals surface area contributed by atoms with E-state index < -0.39 is 15.2 Å². The molecule has 116 valence electrons. The lowest BCUT2D eigenvalue weighted by Gasteiger charge is -2.42. The van der Waals surface area contributed by atoms with E-state index in [1.807, 2.05) is 52.9 Å². The van der Waals surface area contributed by atoms with Gasteiger partial charge in [0, 0.05) is 0 Å². The van der Waals surface area contributed by atoms with E-state index in [4.69, 9.17) is 9.47 Å². The summed E-state index contributed by atoms with van der Waals surface area (Å²) < 4.78 is 24.9. The minimum absolute atomic E-state index is 0.156. The fourth-order valence-corrected chi connectivity index (χ4v) is 3.59. The van der Waals surface area contributed by atoms with Gasteiger partial charge < -0.3 is 9.47 Å². The summed E-state index contributed by atoms with van der Waals surface area (Å²) in [6, 6.07) is 9.59. The number of hydrogen-bond acceptors (Lipinski definition) is 3. The first-order valence-corrected chi connectivity index (χ1v) is 8.32. The van der Waals surface area contributed by atoms with Crippen molar-refractivity contribution in [2.24, 2.45) is 0 Å². The highest BCUT2D eigenvalue weighted by Gasteiger charge is 2.59. The molecule has 1 aliphatic rings. The van der Waals surface area contributed by atoms with E-state index in [-0.39, 0.29) is 19.6 Å². The van der Waals surface area contributed by atoms with Crippen LogP contribution in [0.5, 0.6) is 0 Å². The van der Waals surface area contributed by atoms with E-state index in [0.29, 0.717) is 12.8 Å². The van der Waals surface area contributed by atoms with Crippen molar-refractivity contribution in [3.05, 3.63) is 35.9 Å². The summed E-state index contributed by atoms with van der Waals surface area (Å²) in [7, 11) is 0. The predicted octanol–water partition coefficient (Wildman–Crippen LogP) is 4.18. The average molecular weight is 406 g/mol. The monoisotopic (exact) mass is 406 g/mol. The van der Waals surface area contributed by atoms with Crippen molar-refractivity contribution >= 4 is 28.6 Å². The van der Waals surface area contributed by atoms with Gasteiger partial charge in [-0.3, -0.25) is 0 Å². The fraction of sp³-hybridized carbons (Fsp3) is 0.562. The van der Waals surface area contributed by atoms with Crippen molar-refractivity contribution in [3.8, 4) is 0 Å². The second-order valence-electron chi connectivity index (χ2n) is 5.23. The number of carbonyl (C=O) groups is 1. The molecule has 0 saturated heterocycles. The molecule has 0 N–H and O–H groups in total. The zero-order valence-corrected chi connectivity index (χ0v) is 14.3. The van der Waals surface area contributed by atoms with E-state index in [0.717, 1.165) is 12.0 Å². The largest absolute Gasteiger partial charge is 0.464 e. The van der Waals surface area contributed by atoms with Crippen LogP contribution < -0.4 is 0 Å². The SMILES string of the molecule is CCOC(=O)C1(F)CCCCC1(I)OCc1ccccc1. The van der Waals surface area contributed by atoms with Gasteiger partial charge >= 0.3 is 5.97 Å².